The Kier molecular flexibility index (Phi) is 4.43. The van der Waals surface area contributed by atoms with Crippen molar-refractivity contribution in [1.82, 2.24) is 5.32 Å². The summed E-state index contributed by atoms with van der Waals surface area (Å²) in [6.45, 7) is 6.46. The summed E-state index contributed by atoms with van der Waals surface area (Å²) in [7, 11) is 0. The lowest BCUT2D eigenvalue weighted by Gasteiger charge is -2.16. The van der Waals surface area contributed by atoms with Crippen molar-refractivity contribution in [2.45, 2.75) is 39.2 Å². The summed E-state index contributed by atoms with van der Waals surface area (Å²) in [6.07, 6.45) is 3.59. The lowest BCUT2D eigenvalue weighted by atomic mass is 9.96. The van der Waals surface area contributed by atoms with Crippen LogP contribution >= 0.6 is 0 Å². The first kappa shape index (κ1) is 12.4. The van der Waals surface area contributed by atoms with Crippen molar-refractivity contribution >= 4 is 0 Å². The zero-order valence-electron chi connectivity index (χ0n) is 10.9. The molecule has 0 saturated carbocycles. The molecule has 94 valence electrons. The number of ether oxygens (including phenoxy) is 1. The average Bonchev–Trinajstić information content (AvgIpc) is 2.77. The number of rotatable bonds is 5. The second-order valence-corrected chi connectivity index (χ2v) is 4.97. The van der Waals surface area contributed by atoms with Crippen LogP contribution in [0.4, 0.5) is 0 Å². The van der Waals surface area contributed by atoms with Crippen molar-refractivity contribution in [1.29, 1.82) is 0 Å². The summed E-state index contributed by atoms with van der Waals surface area (Å²) < 4.78 is 5.67. The monoisotopic (exact) mass is 233 g/mol. The number of hydrogen-bond acceptors (Lipinski definition) is 2. The van der Waals surface area contributed by atoms with E-state index in [4.69, 9.17) is 4.74 Å². The Labute approximate surface area is 104 Å². The van der Waals surface area contributed by atoms with Gasteiger partial charge in [-0.2, -0.15) is 0 Å². The van der Waals surface area contributed by atoms with E-state index in [1.54, 1.807) is 0 Å². The van der Waals surface area contributed by atoms with Crippen molar-refractivity contribution < 1.29 is 4.74 Å². The predicted octanol–water partition coefficient (Wildman–Crippen LogP) is 3.54. The second kappa shape index (κ2) is 6.06. The van der Waals surface area contributed by atoms with Crippen LogP contribution in [0.5, 0.6) is 5.75 Å². The summed E-state index contributed by atoms with van der Waals surface area (Å²) in [5.41, 5.74) is 1.39. The lowest BCUT2D eigenvalue weighted by molar-refractivity contribution is 0.309. The van der Waals surface area contributed by atoms with Gasteiger partial charge in [-0.1, -0.05) is 32.4 Å². The molecule has 1 aliphatic rings. The first-order chi connectivity index (χ1) is 8.31. The fourth-order valence-electron chi connectivity index (χ4n) is 2.39. The maximum absolute atomic E-state index is 5.67. The number of unbranched alkanes of at least 4 members (excludes halogenated alkanes) is 1. The van der Waals surface area contributed by atoms with Crippen LogP contribution in [0.1, 0.15) is 44.7 Å². The summed E-state index contributed by atoms with van der Waals surface area (Å²) >= 11 is 0. The van der Waals surface area contributed by atoms with Gasteiger partial charge in [0.25, 0.3) is 0 Å². The van der Waals surface area contributed by atoms with Crippen LogP contribution in [0.3, 0.4) is 0 Å². The zero-order chi connectivity index (χ0) is 12.1. The zero-order valence-corrected chi connectivity index (χ0v) is 10.9. The predicted molar refractivity (Wildman–Crippen MR) is 71.4 cm³/mol. The molecule has 1 aromatic rings. The van der Waals surface area contributed by atoms with E-state index >= 15 is 0 Å². The molecule has 0 aromatic heterocycles. The summed E-state index contributed by atoms with van der Waals surface area (Å²) in [5, 5.41) is 3.55. The fourth-order valence-corrected chi connectivity index (χ4v) is 2.39. The van der Waals surface area contributed by atoms with Crippen molar-refractivity contribution in [2.75, 3.05) is 13.2 Å². The smallest absolute Gasteiger partial charge is 0.119 e. The third kappa shape index (κ3) is 3.22. The largest absolute Gasteiger partial charge is 0.494 e. The Balaban J connectivity index is 1.93. The van der Waals surface area contributed by atoms with Gasteiger partial charge in [-0.25, -0.2) is 0 Å². The highest BCUT2D eigenvalue weighted by atomic mass is 16.5. The molecule has 1 heterocycles. The normalized spacial score (nSPS) is 23.9. The molecule has 17 heavy (non-hydrogen) atoms. The first-order valence-electron chi connectivity index (χ1n) is 6.77. The van der Waals surface area contributed by atoms with Gasteiger partial charge in [-0.3, -0.25) is 0 Å². The van der Waals surface area contributed by atoms with Gasteiger partial charge < -0.3 is 10.1 Å². The molecule has 2 atom stereocenters. The molecule has 0 spiro atoms. The third-order valence-electron chi connectivity index (χ3n) is 3.54. The van der Waals surface area contributed by atoms with E-state index < -0.39 is 0 Å². The fraction of sp³-hybridized carbons (Fsp3) is 0.600. The van der Waals surface area contributed by atoms with Gasteiger partial charge in [0.15, 0.2) is 0 Å². The van der Waals surface area contributed by atoms with Crippen molar-refractivity contribution in [3.8, 4) is 5.75 Å². The van der Waals surface area contributed by atoms with E-state index in [1.807, 2.05) is 0 Å². The van der Waals surface area contributed by atoms with E-state index in [-0.39, 0.29) is 0 Å². The average molecular weight is 233 g/mol. The number of benzene rings is 1. The Morgan fingerprint density at radius 2 is 2.06 bits per heavy atom. The van der Waals surface area contributed by atoms with E-state index in [0.717, 1.165) is 31.2 Å². The molecular formula is C15H23NO. The highest BCUT2D eigenvalue weighted by Gasteiger charge is 2.23. The molecule has 1 N–H and O–H groups in total. The van der Waals surface area contributed by atoms with Crippen LogP contribution in [0.25, 0.3) is 0 Å². The van der Waals surface area contributed by atoms with E-state index in [9.17, 15) is 0 Å². The van der Waals surface area contributed by atoms with E-state index in [0.29, 0.717) is 6.04 Å². The highest BCUT2D eigenvalue weighted by molar-refractivity contribution is 5.30. The Bertz CT molecular complexity index is 333. The van der Waals surface area contributed by atoms with E-state index in [2.05, 4.69) is 43.4 Å². The first-order valence-corrected chi connectivity index (χ1v) is 6.77. The van der Waals surface area contributed by atoms with Crippen molar-refractivity contribution in [3.63, 3.8) is 0 Å². The third-order valence-corrected chi connectivity index (χ3v) is 3.54. The molecule has 0 aliphatic carbocycles. The molecule has 1 aromatic carbocycles. The van der Waals surface area contributed by atoms with E-state index in [1.165, 1.54) is 18.4 Å². The minimum absolute atomic E-state index is 0.527. The SMILES string of the molecule is CCCCOc1ccc(C2NCCC2C)cc1. The van der Waals surface area contributed by atoms with Crippen LogP contribution in [0.15, 0.2) is 24.3 Å². The summed E-state index contributed by atoms with van der Waals surface area (Å²) in [5.74, 6) is 1.73. The van der Waals surface area contributed by atoms with Gasteiger partial charge >= 0.3 is 0 Å². The van der Waals surface area contributed by atoms with Crippen LogP contribution in [0.2, 0.25) is 0 Å². The molecule has 0 radical (unpaired) electrons. The Hall–Kier alpha value is -1.02. The molecule has 2 heteroatoms. The van der Waals surface area contributed by atoms with Gasteiger partial charge in [-0.05, 0) is 43.0 Å². The quantitative estimate of drug-likeness (QED) is 0.785. The summed E-state index contributed by atoms with van der Waals surface area (Å²) in [6, 6.07) is 9.11. The molecule has 0 bridgehead atoms. The summed E-state index contributed by atoms with van der Waals surface area (Å²) in [4.78, 5) is 0. The molecule has 2 nitrogen and oxygen atoms in total. The highest BCUT2D eigenvalue weighted by Crippen LogP contribution is 2.29. The molecule has 1 aliphatic heterocycles. The van der Waals surface area contributed by atoms with Crippen molar-refractivity contribution in [3.05, 3.63) is 29.8 Å². The molecule has 2 unspecified atom stereocenters. The number of nitrogens with one attached hydrogen (secondary N) is 1. The molecule has 2 rings (SSSR count). The second-order valence-electron chi connectivity index (χ2n) is 4.97. The van der Waals surface area contributed by atoms with Crippen molar-refractivity contribution in [2.24, 2.45) is 5.92 Å². The van der Waals surface area contributed by atoms with Gasteiger partial charge in [0.1, 0.15) is 5.75 Å². The Morgan fingerprint density at radius 1 is 1.29 bits per heavy atom. The Morgan fingerprint density at radius 3 is 2.65 bits per heavy atom. The van der Waals surface area contributed by atoms with Crippen LogP contribution in [0, 0.1) is 5.92 Å². The molecule has 1 saturated heterocycles. The van der Waals surface area contributed by atoms with Crippen LogP contribution in [-0.2, 0) is 0 Å². The van der Waals surface area contributed by atoms with Crippen LogP contribution in [-0.4, -0.2) is 13.2 Å². The maximum Gasteiger partial charge on any atom is 0.119 e. The number of hydrogen-bond donors (Lipinski definition) is 1. The topological polar surface area (TPSA) is 21.3 Å². The van der Waals surface area contributed by atoms with Crippen LogP contribution < -0.4 is 10.1 Å². The molecule has 1 fully saturated rings. The lowest BCUT2D eigenvalue weighted by Crippen LogP contribution is -2.16. The van der Waals surface area contributed by atoms with Gasteiger partial charge in [0.05, 0.1) is 6.61 Å². The van der Waals surface area contributed by atoms with Gasteiger partial charge in [-0.15, -0.1) is 0 Å². The molecular weight excluding hydrogens is 210 g/mol. The minimum atomic E-state index is 0.527. The maximum atomic E-state index is 5.67. The van der Waals surface area contributed by atoms with Gasteiger partial charge in [0.2, 0.25) is 0 Å². The molecule has 0 amide bonds. The van der Waals surface area contributed by atoms with Gasteiger partial charge in [0, 0.05) is 6.04 Å². The minimum Gasteiger partial charge on any atom is -0.494 e. The standard InChI is InChI=1S/C15H23NO/c1-3-4-11-17-14-7-5-13(6-8-14)15-12(2)9-10-16-15/h5-8,12,15-16H,3-4,9-11H2,1-2H3.